The molecule has 2 heterocycles. The maximum absolute atomic E-state index is 13.6. The molecule has 0 saturated carbocycles. The maximum atomic E-state index is 13.6. The lowest BCUT2D eigenvalue weighted by Gasteiger charge is -2.26. The summed E-state index contributed by atoms with van der Waals surface area (Å²) in [6.45, 7) is 0.0947. The quantitative estimate of drug-likeness (QED) is 0.346. The molecule has 1 N–H and O–H groups in total. The minimum absolute atomic E-state index is 0.0240. The fraction of sp³-hybridized carbons (Fsp3) is 0.176. The molecular formula is C34H26O7. The topological polar surface area (TPSA) is 91.3 Å². The van der Waals surface area contributed by atoms with Gasteiger partial charge in [0.2, 0.25) is 6.79 Å². The van der Waals surface area contributed by atoms with Gasteiger partial charge in [0.05, 0.1) is 12.7 Å². The number of methoxy groups -OCH3 is 1. The lowest BCUT2D eigenvalue weighted by atomic mass is 9.85. The Hall–Kier alpha value is -4.88. The molecular weight excluding hydrogens is 520 g/mol. The van der Waals surface area contributed by atoms with Crippen molar-refractivity contribution in [3.05, 3.63) is 129 Å². The van der Waals surface area contributed by atoms with Gasteiger partial charge in [-0.2, -0.15) is 0 Å². The third-order valence-electron chi connectivity index (χ3n) is 8.09. The van der Waals surface area contributed by atoms with Crippen molar-refractivity contribution in [2.45, 2.75) is 25.0 Å². The minimum Gasteiger partial charge on any atom is -0.497 e. The lowest BCUT2D eigenvalue weighted by Crippen LogP contribution is -2.30. The molecule has 204 valence electrons. The van der Waals surface area contributed by atoms with Crippen LogP contribution in [0.1, 0.15) is 43.7 Å². The number of hydrogen-bond donors (Lipinski definition) is 1. The van der Waals surface area contributed by atoms with Gasteiger partial charge in [0, 0.05) is 28.7 Å². The van der Waals surface area contributed by atoms with Crippen LogP contribution in [0.2, 0.25) is 0 Å². The second-order valence-electron chi connectivity index (χ2n) is 10.3. The number of ether oxygens (including phenoxy) is 4. The van der Waals surface area contributed by atoms with E-state index in [4.69, 9.17) is 18.9 Å². The number of cyclic esters (lactones) is 1. The highest BCUT2D eigenvalue weighted by Crippen LogP contribution is 2.47. The van der Waals surface area contributed by atoms with E-state index in [1.54, 1.807) is 49.6 Å². The van der Waals surface area contributed by atoms with Crippen molar-refractivity contribution in [2.75, 3.05) is 13.9 Å². The second-order valence-corrected chi connectivity index (χ2v) is 10.3. The summed E-state index contributed by atoms with van der Waals surface area (Å²) in [5, 5.41) is 12.1. The van der Waals surface area contributed by atoms with E-state index in [1.807, 2.05) is 42.5 Å². The van der Waals surface area contributed by atoms with Crippen molar-refractivity contribution < 1.29 is 33.6 Å². The molecule has 4 aromatic rings. The summed E-state index contributed by atoms with van der Waals surface area (Å²) in [4.78, 5) is 27.1. The van der Waals surface area contributed by atoms with Crippen LogP contribution in [-0.2, 0) is 34.6 Å². The summed E-state index contributed by atoms with van der Waals surface area (Å²) in [5.74, 6) is -1.00. The van der Waals surface area contributed by atoms with E-state index in [0.717, 1.165) is 16.7 Å². The van der Waals surface area contributed by atoms with Crippen LogP contribution in [0.25, 0.3) is 5.57 Å². The molecule has 7 nitrogen and oxygen atoms in total. The normalized spacial score (nSPS) is 19.0. The van der Waals surface area contributed by atoms with Crippen LogP contribution in [0, 0.1) is 0 Å². The molecule has 3 aliphatic rings. The van der Waals surface area contributed by atoms with Gasteiger partial charge in [0.1, 0.15) is 5.75 Å². The zero-order valence-electron chi connectivity index (χ0n) is 22.3. The first-order valence-electron chi connectivity index (χ1n) is 13.4. The highest BCUT2D eigenvalue weighted by molar-refractivity contribution is 6.20. The van der Waals surface area contributed by atoms with Gasteiger partial charge in [-0.15, -0.1) is 0 Å². The van der Waals surface area contributed by atoms with Crippen LogP contribution in [0.3, 0.4) is 0 Å². The van der Waals surface area contributed by atoms with Gasteiger partial charge in [-0.05, 0) is 71.5 Å². The first kappa shape index (κ1) is 25.1. The van der Waals surface area contributed by atoms with Gasteiger partial charge < -0.3 is 24.1 Å². The summed E-state index contributed by atoms with van der Waals surface area (Å²) in [5.41, 5.74) is 5.68. The molecule has 1 unspecified atom stereocenters. The maximum Gasteiger partial charge on any atom is 0.342 e. The molecule has 0 bridgehead atoms. The molecule has 0 spiro atoms. The Labute approximate surface area is 236 Å². The van der Waals surface area contributed by atoms with Crippen molar-refractivity contribution in [1.82, 2.24) is 0 Å². The van der Waals surface area contributed by atoms with Crippen LogP contribution in [0.4, 0.5) is 0 Å². The molecule has 0 aromatic heterocycles. The summed E-state index contributed by atoms with van der Waals surface area (Å²) < 4.78 is 22.1. The number of carbonyl (C=O) groups is 2. The average Bonchev–Trinajstić information content (AvgIpc) is 3.53. The van der Waals surface area contributed by atoms with Crippen LogP contribution in [0.5, 0.6) is 17.2 Å². The SMILES string of the molecule is COc1ccc(C2(O)OC(=O)C(c3ccc4c(c3)OCO4)=C2Cc2cccc3c2CCc2ccccc2C3=O)cc1. The number of ketones is 1. The summed E-state index contributed by atoms with van der Waals surface area (Å²) in [6.07, 6.45) is 1.54. The number of benzene rings is 4. The Morgan fingerprint density at radius 2 is 1.63 bits per heavy atom. The summed E-state index contributed by atoms with van der Waals surface area (Å²) in [7, 11) is 1.56. The number of aliphatic hydroxyl groups is 1. The molecule has 1 aliphatic carbocycles. The Bertz CT molecular complexity index is 1750. The Kier molecular flexibility index (Phi) is 5.91. The van der Waals surface area contributed by atoms with Crippen molar-refractivity contribution >= 4 is 17.3 Å². The Morgan fingerprint density at radius 1 is 0.854 bits per heavy atom. The van der Waals surface area contributed by atoms with Gasteiger partial charge in [0.15, 0.2) is 17.3 Å². The fourth-order valence-corrected chi connectivity index (χ4v) is 6.01. The van der Waals surface area contributed by atoms with Crippen molar-refractivity contribution in [1.29, 1.82) is 0 Å². The summed E-state index contributed by atoms with van der Waals surface area (Å²) in [6, 6.07) is 25.3. The number of hydrogen-bond acceptors (Lipinski definition) is 7. The van der Waals surface area contributed by atoms with E-state index < -0.39 is 11.8 Å². The number of esters is 1. The molecule has 0 saturated heterocycles. The van der Waals surface area contributed by atoms with Gasteiger partial charge >= 0.3 is 5.97 Å². The Morgan fingerprint density at radius 3 is 2.46 bits per heavy atom. The average molecular weight is 547 g/mol. The molecule has 2 aliphatic heterocycles. The first-order chi connectivity index (χ1) is 20.0. The highest BCUT2D eigenvalue weighted by atomic mass is 16.7. The number of aryl methyl sites for hydroxylation is 1. The molecule has 0 amide bonds. The first-order valence-corrected chi connectivity index (χ1v) is 13.4. The van der Waals surface area contributed by atoms with E-state index >= 15 is 0 Å². The van der Waals surface area contributed by atoms with E-state index in [-0.39, 0.29) is 24.6 Å². The third-order valence-corrected chi connectivity index (χ3v) is 8.09. The standard InChI is InChI=1S/C34H26O7/c1-38-24-13-11-23(12-14-24)34(37)28(31(33(36)41-34)22-10-16-29-30(18-22)40-19-39-29)17-21-6-4-8-27-25(21)15-9-20-5-2-3-7-26(20)32(27)35/h2-8,10-14,16,18,37H,9,15,17,19H2,1H3. The van der Waals surface area contributed by atoms with Crippen LogP contribution in [-0.4, -0.2) is 30.8 Å². The van der Waals surface area contributed by atoms with Crippen molar-refractivity contribution in [3.8, 4) is 17.2 Å². The molecule has 41 heavy (non-hydrogen) atoms. The third kappa shape index (κ3) is 4.08. The lowest BCUT2D eigenvalue weighted by molar-refractivity contribution is -0.185. The van der Waals surface area contributed by atoms with E-state index in [9.17, 15) is 14.7 Å². The van der Waals surface area contributed by atoms with Crippen LogP contribution in [0.15, 0.2) is 90.5 Å². The molecule has 0 radical (unpaired) electrons. The van der Waals surface area contributed by atoms with Gasteiger partial charge in [-0.3, -0.25) is 4.79 Å². The largest absolute Gasteiger partial charge is 0.497 e. The van der Waals surface area contributed by atoms with Crippen molar-refractivity contribution in [3.63, 3.8) is 0 Å². The monoisotopic (exact) mass is 546 g/mol. The number of rotatable bonds is 5. The smallest absolute Gasteiger partial charge is 0.342 e. The zero-order chi connectivity index (χ0) is 28.1. The van der Waals surface area contributed by atoms with Crippen LogP contribution >= 0.6 is 0 Å². The van der Waals surface area contributed by atoms with Crippen LogP contribution < -0.4 is 14.2 Å². The molecule has 0 fully saturated rings. The molecule has 4 aromatic carbocycles. The molecule has 1 atom stereocenters. The Balaban J connectivity index is 1.39. The minimum atomic E-state index is -2.03. The number of carbonyl (C=O) groups excluding carboxylic acids is 2. The zero-order valence-corrected chi connectivity index (χ0v) is 22.3. The second kappa shape index (κ2) is 9.64. The molecule has 7 rings (SSSR count). The van der Waals surface area contributed by atoms with Gasteiger partial charge in [0.25, 0.3) is 5.79 Å². The fourth-order valence-electron chi connectivity index (χ4n) is 6.01. The molecule has 7 heteroatoms. The van der Waals surface area contributed by atoms with Crippen molar-refractivity contribution in [2.24, 2.45) is 0 Å². The van der Waals surface area contributed by atoms with E-state index in [1.165, 1.54) is 0 Å². The predicted molar refractivity (Wildman–Crippen MR) is 150 cm³/mol. The van der Waals surface area contributed by atoms with E-state index in [0.29, 0.717) is 57.9 Å². The predicted octanol–water partition coefficient (Wildman–Crippen LogP) is 5.15. The van der Waals surface area contributed by atoms with E-state index in [2.05, 4.69) is 0 Å². The number of fused-ring (bicyclic) bond motifs is 3. The highest BCUT2D eigenvalue weighted by Gasteiger charge is 2.48. The van der Waals surface area contributed by atoms with Gasteiger partial charge in [-0.25, -0.2) is 4.79 Å². The van der Waals surface area contributed by atoms with Gasteiger partial charge in [-0.1, -0.05) is 48.5 Å². The summed E-state index contributed by atoms with van der Waals surface area (Å²) >= 11 is 0.